The number of carbonyl (C=O) groups excluding carboxylic acids is 2. The van der Waals surface area contributed by atoms with E-state index in [1.807, 2.05) is 30.7 Å². The molecule has 1 aromatic heterocycles. The van der Waals surface area contributed by atoms with Crippen LogP contribution in [0.15, 0.2) is 43.0 Å². The van der Waals surface area contributed by atoms with Gasteiger partial charge in [0, 0.05) is 31.0 Å². The highest BCUT2D eigenvalue weighted by Gasteiger charge is 2.49. The number of hydrogen-bond acceptors (Lipinski definition) is 4. The molecule has 0 saturated carbocycles. The Labute approximate surface area is 147 Å². The van der Waals surface area contributed by atoms with E-state index in [2.05, 4.69) is 4.98 Å². The topological polar surface area (TPSA) is 75.4 Å². The Hall–Kier alpha value is -2.63. The van der Waals surface area contributed by atoms with Crippen molar-refractivity contribution >= 4 is 11.7 Å². The SMILES string of the molecule is CC(C)C1C(=O)C(=O)N(CCCn2ccnc2)C1c1ccccc1O. The molecule has 2 aromatic rings. The number of benzene rings is 1. The van der Waals surface area contributed by atoms with E-state index < -0.39 is 17.9 Å². The van der Waals surface area contributed by atoms with Crippen LogP contribution in [-0.2, 0) is 16.1 Å². The molecule has 25 heavy (non-hydrogen) atoms. The van der Waals surface area contributed by atoms with Crippen LogP contribution in [0.2, 0.25) is 0 Å². The number of aromatic hydroxyl groups is 1. The van der Waals surface area contributed by atoms with Crippen molar-refractivity contribution in [2.24, 2.45) is 11.8 Å². The second-order valence-corrected chi connectivity index (χ2v) is 6.79. The monoisotopic (exact) mass is 341 g/mol. The van der Waals surface area contributed by atoms with Crippen molar-refractivity contribution in [3.8, 4) is 5.75 Å². The Balaban J connectivity index is 1.86. The number of aryl methyl sites for hydroxylation is 1. The van der Waals surface area contributed by atoms with Crippen molar-refractivity contribution in [1.82, 2.24) is 14.5 Å². The standard InChI is InChI=1S/C19H23N3O3/c1-13(2)16-17(14-6-3-4-7-15(14)23)22(19(25)18(16)24)10-5-9-21-11-8-20-12-21/h3-4,6-8,11-13,16-17,23H,5,9-10H2,1-2H3. The lowest BCUT2D eigenvalue weighted by Gasteiger charge is -2.29. The largest absolute Gasteiger partial charge is 0.508 e. The summed E-state index contributed by atoms with van der Waals surface area (Å²) in [5.41, 5.74) is 0.642. The van der Waals surface area contributed by atoms with Crippen molar-refractivity contribution in [2.75, 3.05) is 6.54 Å². The number of phenolic OH excluding ortho intramolecular Hbond substituents is 1. The van der Waals surface area contributed by atoms with Crippen LogP contribution in [0, 0.1) is 11.8 Å². The number of para-hydroxylation sites is 1. The number of hydrogen-bond donors (Lipinski definition) is 1. The third kappa shape index (κ3) is 3.29. The van der Waals surface area contributed by atoms with Gasteiger partial charge in [0.25, 0.3) is 5.91 Å². The zero-order chi connectivity index (χ0) is 18.0. The fraction of sp³-hybridized carbons (Fsp3) is 0.421. The lowest BCUT2D eigenvalue weighted by molar-refractivity contribution is -0.141. The number of aromatic nitrogens is 2. The number of rotatable bonds is 6. The minimum absolute atomic E-state index is 0.0136. The van der Waals surface area contributed by atoms with Crippen molar-refractivity contribution in [2.45, 2.75) is 32.9 Å². The second-order valence-electron chi connectivity index (χ2n) is 6.79. The zero-order valence-electron chi connectivity index (χ0n) is 14.5. The molecule has 2 unspecified atom stereocenters. The second kappa shape index (κ2) is 7.09. The van der Waals surface area contributed by atoms with Crippen molar-refractivity contribution < 1.29 is 14.7 Å². The molecule has 6 nitrogen and oxygen atoms in total. The summed E-state index contributed by atoms with van der Waals surface area (Å²) in [7, 11) is 0. The number of carbonyl (C=O) groups is 2. The number of imidazole rings is 1. The Kier molecular flexibility index (Phi) is 4.88. The number of nitrogens with zero attached hydrogens (tertiary/aromatic N) is 3. The molecule has 0 aliphatic carbocycles. The highest BCUT2D eigenvalue weighted by molar-refractivity contribution is 6.39. The van der Waals surface area contributed by atoms with E-state index in [1.54, 1.807) is 35.6 Å². The minimum Gasteiger partial charge on any atom is -0.508 e. The van der Waals surface area contributed by atoms with Gasteiger partial charge in [0.05, 0.1) is 18.3 Å². The van der Waals surface area contributed by atoms with Gasteiger partial charge in [0.1, 0.15) is 5.75 Å². The summed E-state index contributed by atoms with van der Waals surface area (Å²) in [4.78, 5) is 30.8. The summed E-state index contributed by atoms with van der Waals surface area (Å²) < 4.78 is 1.94. The molecule has 1 aliphatic rings. The van der Waals surface area contributed by atoms with Crippen LogP contribution in [0.4, 0.5) is 0 Å². The van der Waals surface area contributed by atoms with E-state index in [0.717, 1.165) is 6.54 Å². The molecule has 2 heterocycles. The third-order valence-corrected chi connectivity index (χ3v) is 4.80. The molecule has 1 amide bonds. The molecule has 1 aliphatic heterocycles. The maximum Gasteiger partial charge on any atom is 0.290 e. The van der Waals surface area contributed by atoms with E-state index >= 15 is 0 Å². The van der Waals surface area contributed by atoms with Gasteiger partial charge in [0.2, 0.25) is 5.78 Å². The minimum atomic E-state index is -0.447. The van der Waals surface area contributed by atoms with Crippen LogP contribution in [0.25, 0.3) is 0 Å². The zero-order valence-corrected chi connectivity index (χ0v) is 14.5. The summed E-state index contributed by atoms with van der Waals surface area (Å²) in [6, 6.07) is 6.55. The van der Waals surface area contributed by atoms with Crippen LogP contribution in [0.5, 0.6) is 5.75 Å². The Morgan fingerprint density at radius 2 is 1.96 bits per heavy atom. The fourth-order valence-corrected chi connectivity index (χ4v) is 3.60. The summed E-state index contributed by atoms with van der Waals surface area (Å²) >= 11 is 0. The average molecular weight is 341 g/mol. The van der Waals surface area contributed by atoms with E-state index in [0.29, 0.717) is 18.5 Å². The van der Waals surface area contributed by atoms with Crippen molar-refractivity contribution in [3.63, 3.8) is 0 Å². The Bertz CT molecular complexity index is 755. The van der Waals surface area contributed by atoms with E-state index in [-0.39, 0.29) is 17.5 Å². The molecule has 3 rings (SSSR count). The van der Waals surface area contributed by atoms with Crippen molar-refractivity contribution in [1.29, 1.82) is 0 Å². The van der Waals surface area contributed by atoms with Gasteiger partial charge < -0.3 is 14.6 Å². The number of phenols is 1. The van der Waals surface area contributed by atoms with Crippen LogP contribution >= 0.6 is 0 Å². The van der Waals surface area contributed by atoms with Crippen LogP contribution < -0.4 is 0 Å². The third-order valence-electron chi connectivity index (χ3n) is 4.80. The quantitative estimate of drug-likeness (QED) is 0.819. The smallest absolute Gasteiger partial charge is 0.290 e. The number of likely N-dealkylation sites (tertiary alicyclic amines) is 1. The number of ketones is 1. The molecule has 0 spiro atoms. The van der Waals surface area contributed by atoms with Gasteiger partial charge >= 0.3 is 0 Å². The summed E-state index contributed by atoms with van der Waals surface area (Å²) in [5.74, 6) is -1.10. The lowest BCUT2D eigenvalue weighted by atomic mass is 9.84. The first-order valence-electron chi connectivity index (χ1n) is 8.59. The normalized spacial score (nSPS) is 20.7. The molecule has 0 radical (unpaired) electrons. The molecule has 1 N–H and O–H groups in total. The first kappa shape index (κ1) is 17.2. The van der Waals surface area contributed by atoms with Gasteiger partial charge in [-0.05, 0) is 18.4 Å². The number of amides is 1. The van der Waals surface area contributed by atoms with Gasteiger partial charge in [-0.15, -0.1) is 0 Å². The van der Waals surface area contributed by atoms with Crippen molar-refractivity contribution in [3.05, 3.63) is 48.5 Å². The molecule has 1 fully saturated rings. The first-order valence-corrected chi connectivity index (χ1v) is 8.59. The van der Waals surface area contributed by atoms with E-state index in [1.165, 1.54) is 0 Å². The average Bonchev–Trinajstić information content (AvgIpc) is 3.17. The van der Waals surface area contributed by atoms with Crippen LogP contribution in [-0.4, -0.2) is 37.8 Å². The maximum atomic E-state index is 12.6. The highest BCUT2D eigenvalue weighted by atomic mass is 16.3. The molecular weight excluding hydrogens is 318 g/mol. The Morgan fingerprint density at radius 3 is 2.60 bits per heavy atom. The predicted octanol–water partition coefficient (Wildman–Crippen LogP) is 2.40. The van der Waals surface area contributed by atoms with Gasteiger partial charge in [-0.3, -0.25) is 9.59 Å². The van der Waals surface area contributed by atoms with Gasteiger partial charge in [-0.2, -0.15) is 0 Å². The number of Topliss-reactive ketones (excluding diaryl/α,β-unsaturated/α-hetero) is 1. The molecule has 6 heteroatoms. The first-order chi connectivity index (χ1) is 12.0. The van der Waals surface area contributed by atoms with Crippen LogP contribution in [0.3, 0.4) is 0 Å². The maximum absolute atomic E-state index is 12.6. The van der Waals surface area contributed by atoms with Gasteiger partial charge in [-0.1, -0.05) is 32.0 Å². The lowest BCUT2D eigenvalue weighted by Crippen LogP contribution is -2.31. The highest BCUT2D eigenvalue weighted by Crippen LogP contribution is 2.43. The molecule has 0 bridgehead atoms. The van der Waals surface area contributed by atoms with Gasteiger partial charge in [-0.25, -0.2) is 4.98 Å². The summed E-state index contributed by atoms with van der Waals surface area (Å²) in [6.45, 7) is 5.07. The molecule has 1 saturated heterocycles. The summed E-state index contributed by atoms with van der Waals surface area (Å²) in [6.07, 6.45) is 6.02. The van der Waals surface area contributed by atoms with Crippen LogP contribution in [0.1, 0.15) is 31.9 Å². The molecule has 2 atom stereocenters. The molecule has 132 valence electrons. The molecular formula is C19H23N3O3. The Morgan fingerprint density at radius 1 is 1.20 bits per heavy atom. The molecule has 1 aromatic carbocycles. The summed E-state index contributed by atoms with van der Waals surface area (Å²) in [5, 5.41) is 10.3. The predicted molar refractivity (Wildman–Crippen MR) is 92.7 cm³/mol. The van der Waals surface area contributed by atoms with E-state index in [9.17, 15) is 14.7 Å². The fourth-order valence-electron chi connectivity index (χ4n) is 3.60. The van der Waals surface area contributed by atoms with E-state index in [4.69, 9.17) is 0 Å². The van der Waals surface area contributed by atoms with Gasteiger partial charge in [0.15, 0.2) is 0 Å².